The van der Waals surface area contributed by atoms with Gasteiger partial charge in [-0.1, -0.05) is 75.8 Å². The summed E-state index contributed by atoms with van der Waals surface area (Å²) in [6.45, 7) is 3.03. The van der Waals surface area contributed by atoms with Crippen LogP contribution in [0.1, 0.15) is 63.9 Å². The Kier molecular flexibility index (Phi) is 11.2. The molecule has 1 rings (SSSR count). The summed E-state index contributed by atoms with van der Waals surface area (Å²) in [6, 6.07) is 10.3. The van der Waals surface area contributed by atoms with Gasteiger partial charge in [0.1, 0.15) is 6.54 Å². The first kappa shape index (κ1) is 21.1. The van der Waals surface area contributed by atoms with E-state index in [1.54, 1.807) is 0 Å². The van der Waals surface area contributed by atoms with E-state index in [4.69, 9.17) is 0 Å². The molecule has 0 saturated heterocycles. The van der Waals surface area contributed by atoms with Crippen LogP contribution in [0, 0.1) is 0 Å². The lowest BCUT2D eigenvalue weighted by atomic mass is 10.1. The Morgan fingerprint density at radius 3 is 2.05 bits per heavy atom. The Balaban J connectivity index is 0.00000441. The van der Waals surface area contributed by atoms with Crippen LogP contribution in [-0.4, -0.2) is 24.5 Å². The second-order valence-electron chi connectivity index (χ2n) is 6.59. The molecule has 0 atom stereocenters. The zero-order valence-electron chi connectivity index (χ0n) is 14.5. The summed E-state index contributed by atoms with van der Waals surface area (Å²) in [5.74, 6) is 0.354. The molecule has 0 unspecified atom stereocenters. The summed E-state index contributed by atoms with van der Waals surface area (Å²) in [5.41, 5.74) is 1.23. The largest absolute Gasteiger partial charge is 1.00 e. The highest BCUT2D eigenvalue weighted by atomic mass is 35.5. The van der Waals surface area contributed by atoms with Crippen LogP contribution in [0.4, 0.5) is 0 Å². The van der Waals surface area contributed by atoms with Crippen LogP contribution >= 0.6 is 0 Å². The lowest BCUT2D eigenvalue weighted by molar-refractivity contribution is -0.828. The van der Waals surface area contributed by atoms with Crippen LogP contribution in [0.25, 0.3) is 0 Å². The maximum absolute atomic E-state index is 12.4. The summed E-state index contributed by atoms with van der Waals surface area (Å²) in [5, 5.41) is 0. The molecule has 0 aliphatic heterocycles. The Morgan fingerprint density at radius 1 is 0.909 bits per heavy atom. The molecule has 0 aromatic heterocycles. The van der Waals surface area contributed by atoms with E-state index in [0.717, 1.165) is 13.0 Å². The number of rotatable bonds is 10. The lowest BCUT2D eigenvalue weighted by Crippen LogP contribution is -3.00. The number of hydrogen-bond acceptors (Lipinski definition) is 1. The van der Waals surface area contributed by atoms with E-state index in [2.05, 4.69) is 19.1 Å². The van der Waals surface area contributed by atoms with Crippen molar-refractivity contribution in [3.63, 3.8) is 0 Å². The van der Waals surface area contributed by atoms with Gasteiger partial charge in [-0.25, -0.2) is 4.79 Å². The van der Waals surface area contributed by atoms with Gasteiger partial charge >= 0.3 is 5.91 Å². The quantitative estimate of drug-likeness (QED) is 0.474. The van der Waals surface area contributed by atoms with Gasteiger partial charge in [0.15, 0.2) is 0 Å². The number of quaternary nitrogens is 1. The third-order valence-corrected chi connectivity index (χ3v) is 4.09. The van der Waals surface area contributed by atoms with Crippen molar-refractivity contribution in [1.29, 1.82) is 0 Å². The van der Waals surface area contributed by atoms with E-state index in [1.807, 2.05) is 32.3 Å². The standard InChI is InChI=1S/C19H32NO.ClH/c1-4-5-6-7-8-9-13-16-19(21)20(2,3)17-18-14-11-10-12-15-18;/h10-12,14-15H,4-9,13,16-17H2,1-3H3;1H/q+1;/p-1. The van der Waals surface area contributed by atoms with Gasteiger partial charge < -0.3 is 12.4 Å². The maximum atomic E-state index is 12.4. The van der Waals surface area contributed by atoms with Gasteiger partial charge in [0.25, 0.3) is 0 Å². The molecule has 0 bridgehead atoms. The molecule has 0 aliphatic carbocycles. The van der Waals surface area contributed by atoms with Crippen LogP contribution in [0.3, 0.4) is 0 Å². The molecule has 0 fully saturated rings. The average molecular weight is 326 g/mol. The second-order valence-corrected chi connectivity index (χ2v) is 6.59. The molecule has 2 nitrogen and oxygen atoms in total. The Bertz CT molecular complexity index is 403. The van der Waals surface area contributed by atoms with Crippen molar-refractivity contribution >= 4 is 5.91 Å². The van der Waals surface area contributed by atoms with Crippen molar-refractivity contribution in [3.8, 4) is 0 Å². The summed E-state index contributed by atoms with van der Waals surface area (Å²) < 4.78 is 0.458. The van der Waals surface area contributed by atoms with Crippen LogP contribution in [0.5, 0.6) is 0 Å². The molecular formula is C19H32ClNO. The molecule has 0 saturated carbocycles. The summed E-state index contributed by atoms with van der Waals surface area (Å²) in [4.78, 5) is 12.4. The number of nitrogens with zero attached hydrogens (tertiary/aromatic N) is 1. The third-order valence-electron chi connectivity index (χ3n) is 4.09. The van der Waals surface area contributed by atoms with Gasteiger partial charge in [0.05, 0.1) is 20.5 Å². The van der Waals surface area contributed by atoms with E-state index in [-0.39, 0.29) is 12.4 Å². The third kappa shape index (κ3) is 8.55. The predicted molar refractivity (Wildman–Crippen MR) is 89.9 cm³/mol. The first-order valence-electron chi connectivity index (χ1n) is 8.46. The van der Waals surface area contributed by atoms with E-state index < -0.39 is 0 Å². The molecule has 3 heteroatoms. The number of hydrogen-bond donors (Lipinski definition) is 0. The monoisotopic (exact) mass is 325 g/mol. The van der Waals surface area contributed by atoms with Crippen molar-refractivity contribution in [2.45, 2.75) is 64.8 Å². The number of unbranched alkanes of at least 4 members (excludes halogenated alkanes) is 6. The van der Waals surface area contributed by atoms with Crippen LogP contribution in [0.15, 0.2) is 30.3 Å². The Morgan fingerprint density at radius 2 is 1.45 bits per heavy atom. The first-order valence-corrected chi connectivity index (χ1v) is 8.46. The number of amides is 1. The highest BCUT2D eigenvalue weighted by Gasteiger charge is 2.25. The molecule has 1 aromatic carbocycles. The average Bonchev–Trinajstić information content (AvgIpc) is 2.46. The molecule has 0 heterocycles. The molecule has 126 valence electrons. The highest BCUT2D eigenvalue weighted by molar-refractivity contribution is 5.68. The predicted octanol–water partition coefficient (Wildman–Crippen LogP) is 1.93. The SMILES string of the molecule is CCCCCCCCCC(=O)[N+](C)(C)Cc1ccccc1.[Cl-]. The van der Waals surface area contributed by atoms with E-state index in [0.29, 0.717) is 16.8 Å². The minimum Gasteiger partial charge on any atom is -1.00 e. The fraction of sp³-hybridized carbons (Fsp3) is 0.632. The van der Waals surface area contributed by atoms with Crippen molar-refractivity contribution in [2.24, 2.45) is 0 Å². The molecular weight excluding hydrogens is 294 g/mol. The number of carbonyl (C=O) groups is 1. The molecule has 1 amide bonds. The van der Waals surface area contributed by atoms with Crippen molar-refractivity contribution < 1.29 is 21.7 Å². The zero-order chi connectivity index (χ0) is 15.6. The summed E-state index contributed by atoms with van der Waals surface area (Å²) in [6.07, 6.45) is 9.54. The Hall–Kier alpha value is -0.860. The smallest absolute Gasteiger partial charge is 0.313 e. The Labute approximate surface area is 142 Å². The topological polar surface area (TPSA) is 17.1 Å². The van der Waals surface area contributed by atoms with Gasteiger partial charge in [0.2, 0.25) is 0 Å². The fourth-order valence-electron chi connectivity index (χ4n) is 2.66. The van der Waals surface area contributed by atoms with Crippen molar-refractivity contribution in [2.75, 3.05) is 14.1 Å². The molecule has 0 radical (unpaired) electrons. The number of halogens is 1. The first-order chi connectivity index (χ1) is 10.1. The molecule has 1 aromatic rings. The summed E-state index contributed by atoms with van der Waals surface area (Å²) in [7, 11) is 4.05. The van der Waals surface area contributed by atoms with E-state index >= 15 is 0 Å². The van der Waals surface area contributed by atoms with Crippen molar-refractivity contribution in [3.05, 3.63) is 35.9 Å². The van der Waals surface area contributed by atoms with Gasteiger partial charge in [0, 0.05) is 5.56 Å². The normalized spacial score (nSPS) is 11.0. The van der Waals surface area contributed by atoms with Gasteiger partial charge in [-0.3, -0.25) is 4.48 Å². The molecule has 0 aliphatic rings. The fourth-order valence-corrected chi connectivity index (χ4v) is 2.66. The highest BCUT2D eigenvalue weighted by Crippen LogP contribution is 2.14. The van der Waals surface area contributed by atoms with Crippen LogP contribution < -0.4 is 12.4 Å². The van der Waals surface area contributed by atoms with E-state index in [1.165, 1.54) is 44.1 Å². The number of benzene rings is 1. The number of carbonyl (C=O) groups excluding carboxylic acids is 1. The minimum atomic E-state index is 0. The second kappa shape index (κ2) is 11.7. The van der Waals surface area contributed by atoms with Gasteiger partial charge in [-0.05, 0) is 6.42 Å². The minimum absolute atomic E-state index is 0. The van der Waals surface area contributed by atoms with Crippen LogP contribution in [0.2, 0.25) is 0 Å². The molecule has 0 N–H and O–H groups in total. The zero-order valence-corrected chi connectivity index (χ0v) is 15.2. The lowest BCUT2D eigenvalue weighted by Gasteiger charge is -2.27. The van der Waals surface area contributed by atoms with Gasteiger partial charge in [-0.2, -0.15) is 0 Å². The van der Waals surface area contributed by atoms with Crippen molar-refractivity contribution in [1.82, 2.24) is 0 Å². The molecule has 22 heavy (non-hydrogen) atoms. The maximum Gasteiger partial charge on any atom is 0.313 e. The van der Waals surface area contributed by atoms with Crippen LogP contribution in [-0.2, 0) is 11.3 Å². The van der Waals surface area contributed by atoms with E-state index in [9.17, 15) is 4.79 Å². The molecule has 0 spiro atoms. The summed E-state index contributed by atoms with van der Waals surface area (Å²) >= 11 is 0. The van der Waals surface area contributed by atoms with Gasteiger partial charge in [-0.15, -0.1) is 0 Å².